The van der Waals surface area contributed by atoms with Crippen LogP contribution in [0, 0.1) is 5.82 Å². The molecule has 0 fully saturated rings. The number of rotatable bonds is 8. The lowest BCUT2D eigenvalue weighted by Gasteiger charge is -2.21. The molecule has 0 N–H and O–H groups in total. The summed E-state index contributed by atoms with van der Waals surface area (Å²) in [5.74, 6) is -0.121. The van der Waals surface area contributed by atoms with Crippen LogP contribution in [0.2, 0.25) is 5.02 Å². The third-order valence-electron chi connectivity index (χ3n) is 4.05. The zero-order valence-electron chi connectivity index (χ0n) is 16.1. The van der Waals surface area contributed by atoms with Crippen molar-refractivity contribution in [2.24, 2.45) is 0 Å². The summed E-state index contributed by atoms with van der Waals surface area (Å²) >= 11 is 7.65. The number of halogens is 3. The number of ether oxygens (including phenoxy) is 1. The number of nitrogens with zero attached hydrogens (tertiary/aromatic N) is 3. The lowest BCUT2D eigenvalue weighted by Crippen LogP contribution is -2.36. The molecule has 3 aromatic rings. The molecule has 1 heterocycles. The fraction of sp³-hybridized carbons (Fsp3) is 0.300. The SMILES string of the molecule is CN(C)CCCN(C(=O)COc1ccc(F)cc1)c1nc2c(Cl)cccc2s1.Cl. The summed E-state index contributed by atoms with van der Waals surface area (Å²) in [5.41, 5.74) is 0.689. The Morgan fingerprint density at radius 2 is 1.90 bits per heavy atom. The van der Waals surface area contributed by atoms with E-state index < -0.39 is 0 Å². The molecule has 0 aliphatic rings. The Balaban J connectivity index is 0.00000300. The first-order valence-corrected chi connectivity index (χ1v) is 10.0. The van der Waals surface area contributed by atoms with Crippen LogP contribution in [-0.2, 0) is 4.79 Å². The quantitative estimate of drug-likeness (QED) is 0.483. The van der Waals surface area contributed by atoms with Gasteiger partial charge in [-0.2, -0.15) is 0 Å². The first-order chi connectivity index (χ1) is 13.4. The van der Waals surface area contributed by atoms with Gasteiger partial charge in [0.1, 0.15) is 17.1 Å². The average Bonchev–Trinajstić information content (AvgIpc) is 3.09. The lowest BCUT2D eigenvalue weighted by molar-refractivity contribution is -0.120. The molecule has 0 aliphatic heterocycles. The summed E-state index contributed by atoms with van der Waals surface area (Å²) in [5, 5.41) is 1.15. The van der Waals surface area contributed by atoms with Crippen LogP contribution in [0.4, 0.5) is 9.52 Å². The predicted octanol–water partition coefficient (Wildman–Crippen LogP) is 4.87. The van der Waals surface area contributed by atoms with Crippen LogP contribution in [0.3, 0.4) is 0 Å². The minimum atomic E-state index is -0.352. The van der Waals surface area contributed by atoms with E-state index in [4.69, 9.17) is 16.3 Å². The van der Waals surface area contributed by atoms with Crippen LogP contribution >= 0.6 is 35.3 Å². The first kappa shape index (κ1) is 23.3. The van der Waals surface area contributed by atoms with Crippen molar-refractivity contribution in [2.75, 3.05) is 38.7 Å². The molecule has 0 atom stereocenters. The van der Waals surface area contributed by atoms with E-state index in [2.05, 4.69) is 9.88 Å². The fourth-order valence-corrected chi connectivity index (χ4v) is 3.95. The van der Waals surface area contributed by atoms with Crippen LogP contribution in [0.25, 0.3) is 10.2 Å². The molecule has 0 bridgehead atoms. The van der Waals surface area contributed by atoms with Gasteiger partial charge in [0.05, 0.1) is 9.72 Å². The minimum Gasteiger partial charge on any atom is -0.484 e. The van der Waals surface area contributed by atoms with Crippen molar-refractivity contribution in [1.82, 2.24) is 9.88 Å². The number of para-hydroxylation sites is 1. The van der Waals surface area contributed by atoms with E-state index >= 15 is 0 Å². The van der Waals surface area contributed by atoms with E-state index in [0.29, 0.717) is 28.0 Å². The zero-order chi connectivity index (χ0) is 20.1. The smallest absolute Gasteiger partial charge is 0.266 e. The number of carbonyl (C=O) groups excluding carboxylic acids is 1. The molecule has 0 spiro atoms. The number of benzene rings is 2. The summed E-state index contributed by atoms with van der Waals surface area (Å²) in [6.45, 7) is 1.20. The van der Waals surface area contributed by atoms with E-state index in [1.807, 2.05) is 26.2 Å². The highest BCUT2D eigenvalue weighted by atomic mass is 35.5. The number of aromatic nitrogens is 1. The summed E-state index contributed by atoms with van der Waals surface area (Å²) in [6.07, 6.45) is 0.791. The maximum Gasteiger partial charge on any atom is 0.266 e. The number of thiazole rings is 1. The van der Waals surface area contributed by atoms with E-state index in [0.717, 1.165) is 17.7 Å². The Morgan fingerprint density at radius 3 is 2.55 bits per heavy atom. The van der Waals surface area contributed by atoms with Crippen molar-refractivity contribution in [3.8, 4) is 5.75 Å². The first-order valence-electron chi connectivity index (χ1n) is 8.82. The zero-order valence-corrected chi connectivity index (χ0v) is 18.5. The number of hydrogen-bond donors (Lipinski definition) is 0. The van der Waals surface area contributed by atoms with Crippen LogP contribution < -0.4 is 9.64 Å². The molecule has 156 valence electrons. The molecule has 0 aliphatic carbocycles. The molecule has 9 heteroatoms. The monoisotopic (exact) mass is 457 g/mol. The Bertz CT molecular complexity index is 951. The topological polar surface area (TPSA) is 45.7 Å². The van der Waals surface area contributed by atoms with E-state index in [1.54, 1.807) is 11.0 Å². The number of fused-ring (bicyclic) bond motifs is 1. The molecule has 5 nitrogen and oxygen atoms in total. The van der Waals surface area contributed by atoms with Crippen LogP contribution in [0.5, 0.6) is 5.75 Å². The van der Waals surface area contributed by atoms with Crippen LogP contribution in [-0.4, -0.2) is 49.6 Å². The summed E-state index contributed by atoms with van der Waals surface area (Å²) in [6, 6.07) is 11.2. The molecule has 0 saturated heterocycles. The minimum absolute atomic E-state index is 0. The van der Waals surface area contributed by atoms with Gasteiger partial charge in [0.25, 0.3) is 5.91 Å². The lowest BCUT2D eigenvalue weighted by atomic mass is 10.3. The molecule has 2 aromatic carbocycles. The molecule has 1 amide bonds. The van der Waals surface area contributed by atoms with Gasteiger partial charge in [-0.15, -0.1) is 12.4 Å². The van der Waals surface area contributed by atoms with Gasteiger partial charge < -0.3 is 9.64 Å². The second-order valence-corrected chi connectivity index (χ2v) is 7.94. The fourth-order valence-electron chi connectivity index (χ4n) is 2.64. The second kappa shape index (κ2) is 10.7. The summed E-state index contributed by atoms with van der Waals surface area (Å²) in [7, 11) is 3.97. The van der Waals surface area contributed by atoms with Crippen molar-refractivity contribution in [3.63, 3.8) is 0 Å². The van der Waals surface area contributed by atoms with Gasteiger partial charge in [-0.25, -0.2) is 9.37 Å². The average molecular weight is 458 g/mol. The van der Waals surface area contributed by atoms with Crippen molar-refractivity contribution < 1.29 is 13.9 Å². The van der Waals surface area contributed by atoms with E-state index in [9.17, 15) is 9.18 Å². The standard InChI is InChI=1S/C20H21ClFN3O2S.ClH/c1-24(2)11-4-12-25(18(26)13-27-15-9-7-14(22)8-10-15)20-23-19-16(21)5-3-6-17(19)28-20;/h3,5-10H,4,11-13H2,1-2H3;1H. The predicted molar refractivity (Wildman–Crippen MR) is 119 cm³/mol. The highest BCUT2D eigenvalue weighted by molar-refractivity contribution is 7.22. The third kappa shape index (κ3) is 6.27. The van der Waals surface area contributed by atoms with Gasteiger partial charge in [-0.1, -0.05) is 29.0 Å². The Morgan fingerprint density at radius 1 is 1.17 bits per heavy atom. The molecule has 3 rings (SSSR count). The van der Waals surface area contributed by atoms with Crippen molar-refractivity contribution >= 4 is 56.6 Å². The van der Waals surface area contributed by atoms with Crippen molar-refractivity contribution in [2.45, 2.75) is 6.42 Å². The van der Waals surface area contributed by atoms with Gasteiger partial charge in [0.15, 0.2) is 11.7 Å². The van der Waals surface area contributed by atoms with Gasteiger partial charge in [0, 0.05) is 6.54 Å². The maximum atomic E-state index is 13.0. The van der Waals surface area contributed by atoms with E-state index in [-0.39, 0.29) is 30.7 Å². The molecular formula is C20H22Cl2FN3O2S. The molecule has 0 unspecified atom stereocenters. The molecule has 0 radical (unpaired) electrons. The van der Waals surface area contributed by atoms with E-state index in [1.165, 1.54) is 35.6 Å². The second-order valence-electron chi connectivity index (χ2n) is 6.53. The highest BCUT2D eigenvalue weighted by Crippen LogP contribution is 2.33. The van der Waals surface area contributed by atoms with Gasteiger partial charge in [-0.05, 0) is 63.5 Å². The Kier molecular flexibility index (Phi) is 8.64. The Labute approximate surface area is 184 Å². The van der Waals surface area contributed by atoms with Gasteiger partial charge in [0.2, 0.25) is 0 Å². The summed E-state index contributed by atoms with van der Waals surface area (Å²) < 4.78 is 19.5. The summed E-state index contributed by atoms with van der Waals surface area (Å²) in [4.78, 5) is 21.1. The molecule has 0 saturated carbocycles. The maximum absolute atomic E-state index is 13.0. The van der Waals surface area contributed by atoms with Crippen LogP contribution in [0.15, 0.2) is 42.5 Å². The van der Waals surface area contributed by atoms with Gasteiger partial charge >= 0.3 is 0 Å². The molecular weight excluding hydrogens is 436 g/mol. The number of hydrogen-bond acceptors (Lipinski definition) is 5. The van der Waals surface area contributed by atoms with Crippen molar-refractivity contribution in [1.29, 1.82) is 0 Å². The highest BCUT2D eigenvalue weighted by Gasteiger charge is 2.21. The largest absolute Gasteiger partial charge is 0.484 e. The normalized spacial score (nSPS) is 10.8. The van der Waals surface area contributed by atoms with Crippen LogP contribution in [0.1, 0.15) is 6.42 Å². The molecule has 1 aromatic heterocycles. The molecule has 29 heavy (non-hydrogen) atoms. The third-order valence-corrected chi connectivity index (χ3v) is 5.40. The number of amides is 1. The number of carbonyl (C=O) groups is 1. The number of anilines is 1. The van der Waals surface area contributed by atoms with Gasteiger partial charge in [-0.3, -0.25) is 9.69 Å². The van der Waals surface area contributed by atoms with Crippen molar-refractivity contribution in [3.05, 3.63) is 53.3 Å². The Hall–Kier alpha value is -1.93.